The SMILES string of the molecule is Cc1cccc(C[C@H](Nc2ccc3c(c2)C(=O)OC3)C(=O)N[C@H](C#N)COCc2cccc(C(=O)O)c2)c1. The second-order valence-corrected chi connectivity index (χ2v) is 9.05. The molecule has 0 saturated heterocycles. The number of carbonyl (C=O) groups is 3. The normalized spacial score (nSPS) is 13.5. The van der Waals surface area contributed by atoms with Crippen LogP contribution in [-0.2, 0) is 33.9 Å². The average molecular weight is 514 g/mol. The molecule has 3 N–H and O–H groups in total. The molecule has 0 aliphatic carbocycles. The van der Waals surface area contributed by atoms with E-state index in [2.05, 4.69) is 10.6 Å². The number of rotatable bonds is 11. The van der Waals surface area contributed by atoms with Crippen LogP contribution in [0.2, 0.25) is 0 Å². The Morgan fingerprint density at radius 1 is 1.11 bits per heavy atom. The molecule has 1 aliphatic heterocycles. The molecule has 1 amide bonds. The van der Waals surface area contributed by atoms with Gasteiger partial charge in [-0.25, -0.2) is 9.59 Å². The highest BCUT2D eigenvalue weighted by Crippen LogP contribution is 2.24. The van der Waals surface area contributed by atoms with E-state index in [1.165, 1.54) is 12.1 Å². The van der Waals surface area contributed by atoms with E-state index in [1.54, 1.807) is 30.3 Å². The Labute approximate surface area is 220 Å². The molecule has 38 heavy (non-hydrogen) atoms. The zero-order valence-electron chi connectivity index (χ0n) is 20.8. The van der Waals surface area contributed by atoms with Crippen molar-refractivity contribution in [3.63, 3.8) is 0 Å². The smallest absolute Gasteiger partial charge is 0.338 e. The van der Waals surface area contributed by atoms with Gasteiger partial charge >= 0.3 is 11.9 Å². The molecule has 0 unspecified atom stereocenters. The van der Waals surface area contributed by atoms with E-state index in [0.29, 0.717) is 23.2 Å². The van der Waals surface area contributed by atoms with Crippen LogP contribution in [0.15, 0.2) is 66.7 Å². The van der Waals surface area contributed by atoms with Crippen molar-refractivity contribution in [3.8, 4) is 6.07 Å². The Kier molecular flexibility index (Phi) is 8.36. The molecule has 0 bridgehead atoms. The van der Waals surface area contributed by atoms with Gasteiger partial charge in [-0.15, -0.1) is 0 Å². The predicted molar refractivity (Wildman–Crippen MR) is 138 cm³/mol. The fraction of sp³-hybridized carbons (Fsp3) is 0.241. The number of nitriles is 1. The van der Waals surface area contributed by atoms with Crippen LogP contribution in [0.5, 0.6) is 0 Å². The van der Waals surface area contributed by atoms with Crippen molar-refractivity contribution in [2.75, 3.05) is 11.9 Å². The molecule has 1 heterocycles. The lowest BCUT2D eigenvalue weighted by molar-refractivity contribution is -0.122. The van der Waals surface area contributed by atoms with Gasteiger partial charge in [0.25, 0.3) is 0 Å². The van der Waals surface area contributed by atoms with Gasteiger partial charge in [0.1, 0.15) is 18.7 Å². The van der Waals surface area contributed by atoms with Crippen LogP contribution in [0.3, 0.4) is 0 Å². The minimum Gasteiger partial charge on any atom is -0.478 e. The third kappa shape index (κ3) is 6.75. The molecular formula is C29H27N3O6. The Morgan fingerprint density at radius 2 is 1.89 bits per heavy atom. The third-order valence-electron chi connectivity index (χ3n) is 6.07. The number of nitrogens with one attached hydrogen (secondary N) is 2. The van der Waals surface area contributed by atoms with E-state index in [9.17, 15) is 19.6 Å². The minimum atomic E-state index is -1.04. The number of cyclic esters (lactones) is 1. The summed E-state index contributed by atoms with van der Waals surface area (Å²) in [6, 6.07) is 19.7. The van der Waals surface area contributed by atoms with E-state index in [4.69, 9.17) is 14.6 Å². The number of anilines is 1. The lowest BCUT2D eigenvalue weighted by atomic mass is 10.0. The van der Waals surface area contributed by atoms with Crippen LogP contribution in [0.1, 0.15) is 43.0 Å². The fourth-order valence-corrected chi connectivity index (χ4v) is 4.16. The zero-order valence-corrected chi connectivity index (χ0v) is 20.8. The van der Waals surface area contributed by atoms with E-state index >= 15 is 0 Å². The summed E-state index contributed by atoms with van der Waals surface area (Å²) in [7, 11) is 0. The minimum absolute atomic E-state index is 0.0820. The quantitative estimate of drug-likeness (QED) is 0.331. The zero-order chi connectivity index (χ0) is 27.1. The number of carbonyl (C=O) groups excluding carboxylic acids is 2. The fourth-order valence-electron chi connectivity index (χ4n) is 4.16. The van der Waals surface area contributed by atoms with Gasteiger partial charge in [-0.1, -0.05) is 48.0 Å². The van der Waals surface area contributed by atoms with E-state index in [0.717, 1.165) is 16.7 Å². The Bertz CT molecular complexity index is 1400. The number of amides is 1. The Balaban J connectivity index is 1.43. The number of aromatic carboxylic acids is 1. The molecule has 3 aromatic carbocycles. The lowest BCUT2D eigenvalue weighted by Crippen LogP contribution is -2.46. The Hall–Kier alpha value is -4.68. The molecule has 2 atom stereocenters. The highest BCUT2D eigenvalue weighted by Gasteiger charge is 2.25. The summed E-state index contributed by atoms with van der Waals surface area (Å²) in [5.41, 5.74) is 4.59. The first-order chi connectivity index (χ1) is 18.3. The molecule has 9 heteroatoms. The molecule has 194 valence electrons. The van der Waals surface area contributed by atoms with Crippen LogP contribution in [0, 0.1) is 18.3 Å². The monoisotopic (exact) mass is 513 g/mol. The number of carboxylic acid groups (broad SMARTS) is 1. The first-order valence-corrected chi connectivity index (χ1v) is 12.0. The second-order valence-electron chi connectivity index (χ2n) is 9.05. The maximum Gasteiger partial charge on any atom is 0.338 e. The number of fused-ring (bicyclic) bond motifs is 1. The number of hydrogen-bond acceptors (Lipinski definition) is 7. The number of carboxylic acids is 1. The van der Waals surface area contributed by atoms with Gasteiger partial charge in [0.05, 0.1) is 30.4 Å². The second kappa shape index (κ2) is 12.0. The van der Waals surface area contributed by atoms with Gasteiger partial charge < -0.3 is 25.2 Å². The number of hydrogen-bond donors (Lipinski definition) is 3. The van der Waals surface area contributed by atoms with Gasteiger partial charge in [0.15, 0.2) is 0 Å². The van der Waals surface area contributed by atoms with Crippen molar-refractivity contribution in [3.05, 3.63) is 100 Å². The summed E-state index contributed by atoms with van der Waals surface area (Å²) >= 11 is 0. The van der Waals surface area contributed by atoms with Crippen molar-refractivity contribution in [2.24, 2.45) is 0 Å². The molecule has 9 nitrogen and oxygen atoms in total. The molecule has 0 fully saturated rings. The topological polar surface area (TPSA) is 138 Å². The number of benzene rings is 3. The summed E-state index contributed by atoms with van der Waals surface area (Å²) in [5.74, 6) is -1.85. The van der Waals surface area contributed by atoms with Crippen LogP contribution < -0.4 is 10.6 Å². The van der Waals surface area contributed by atoms with Crippen molar-refractivity contribution in [1.82, 2.24) is 5.32 Å². The first-order valence-electron chi connectivity index (χ1n) is 12.0. The highest BCUT2D eigenvalue weighted by molar-refractivity contribution is 5.95. The van der Waals surface area contributed by atoms with E-state index in [1.807, 2.05) is 37.3 Å². The summed E-state index contributed by atoms with van der Waals surface area (Å²) in [5, 5.41) is 24.7. The summed E-state index contributed by atoms with van der Waals surface area (Å²) < 4.78 is 10.7. The maximum atomic E-state index is 13.3. The Morgan fingerprint density at radius 3 is 2.66 bits per heavy atom. The van der Waals surface area contributed by atoms with Crippen LogP contribution >= 0.6 is 0 Å². The number of aryl methyl sites for hydroxylation is 1. The lowest BCUT2D eigenvalue weighted by Gasteiger charge is -2.22. The predicted octanol–water partition coefficient (Wildman–Crippen LogP) is 3.61. The third-order valence-corrected chi connectivity index (χ3v) is 6.07. The van der Waals surface area contributed by atoms with Crippen molar-refractivity contribution in [1.29, 1.82) is 5.26 Å². The standard InChI is InChI=1S/C29H27N3O6/c1-18-4-2-5-19(10-18)12-26(31-23-9-8-22-16-38-29(36)25(22)13-23)27(33)32-24(14-30)17-37-15-20-6-3-7-21(11-20)28(34)35/h2-11,13,24,26,31H,12,15-17H2,1H3,(H,32,33)(H,34,35)/t24-,26+/m1/s1. The van der Waals surface area contributed by atoms with Gasteiger partial charge in [0.2, 0.25) is 5.91 Å². The van der Waals surface area contributed by atoms with Crippen molar-refractivity contribution >= 4 is 23.5 Å². The summed E-state index contributed by atoms with van der Waals surface area (Å²) in [4.78, 5) is 36.5. The molecule has 0 radical (unpaired) electrons. The summed E-state index contributed by atoms with van der Waals surface area (Å²) in [6.45, 7) is 2.20. The molecular weight excluding hydrogens is 486 g/mol. The maximum absolute atomic E-state index is 13.3. The molecule has 3 aromatic rings. The molecule has 1 aliphatic rings. The molecule has 0 saturated carbocycles. The van der Waals surface area contributed by atoms with Gasteiger partial charge in [-0.3, -0.25) is 4.79 Å². The van der Waals surface area contributed by atoms with Gasteiger partial charge in [-0.05, 0) is 42.3 Å². The van der Waals surface area contributed by atoms with Crippen LogP contribution in [0.4, 0.5) is 5.69 Å². The first kappa shape index (κ1) is 26.4. The van der Waals surface area contributed by atoms with E-state index in [-0.39, 0.29) is 25.4 Å². The molecule has 0 aromatic heterocycles. The van der Waals surface area contributed by atoms with Crippen LogP contribution in [-0.4, -0.2) is 41.6 Å². The number of esters is 1. The van der Waals surface area contributed by atoms with Gasteiger partial charge in [0, 0.05) is 17.7 Å². The molecule has 4 rings (SSSR count). The average Bonchev–Trinajstić information content (AvgIpc) is 3.27. The number of ether oxygens (including phenoxy) is 2. The van der Waals surface area contributed by atoms with Crippen LogP contribution in [0.25, 0.3) is 0 Å². The largest absolute Gasteiger partial charge is 0.478 e. The summed E-state index contributed by atoms with van der Waals surface area (Å²) in [6.07, 6.45) is 0.343. The van der Waals surface area contributed by atoms with Crippen molar-refractivity contribution in [2.45, 2.75) is 38.6 Å². The van der Waals surface area contributed by atoms with Crippen molar-refractivity contribution < 1.29 is 29.0 Å². The number of nitrogens with zero attached hydrogens (tertiary/aromatic N) is 1. The van der Waals surface area contributed by atoms with E-state index < -0.39 is 29.9 Å². The highest BCUT2D eigenvalue weighted by atomic mass is 16.5. The van der Waals surface area contributed by atoms with Gasteiger partial charge in [-0.2, -0.15) is 5.26 Å². The molecule has 0 spiro atoms.